The van der Waals surface area contributed by atoms with Crippen molar-refractivity contribution in [1.82, 2.24) is 20.8 Å². The Labute approximate surface area is 156 Å². The van der Waals surface area contributed by atoms with E-state index in [9.17, 15) is 9.59 Å². The van der Waals surface area contributed by atoms with E-state index in [0.717, 1.165) is 19.6 Å². The van der Waals surface area contributed by atoms with Gasteiger partial charge in [0.25, 0.3) is 0 Å². The summed E-state index contributed by atoms with van der Waals surface area (Å²) in [6, 6.07) is 13.3. The van der Waals surface area contributed by atoms with Gasteiger partial charge in [-0.05, 0) is 24.3 Å². The average Bonchev–Trinajstić information content (AvgIpc) is 3.07. The van der Waals surface area contributed by atoms with Crippen LogP contribution in [0.4, 0.5) is 0 Å². The predicted molar refractivity (Wildman–Crippen MR) is 102 cm³/mol. The number of hydrazine groups is 1. The minimum absolute atomic E-state index is 0.183. The molecule has 0 saturated heterocycles. The molecular weight excluding hydrogens is 376 g/mol. The molecule has 2 amide bonds. The number of hydrogen-bond acceptors (Lipinski definition) is 7. The molecular formula is C16H14N4O2S3. The molecule has 0 radical (unpaired) electrons. The van der Waals surface area contributed by atoms with Crippen LogP contribution >= 0.6 is 34.9 Å². The molecule has 0 aliphatic carbocycles. The quantitative estimate of drug-likeness (QED) is 0.497. The lowest BCUT2D eigenvalue weighted by molar-refractivity contribution is -0.126. The molecule has 128 valence electrons. The number of rotatable bonds is 6. The zero-order valence-corrected chi connectivity index (χ0v) is 15.4. The molecule has 1 aromatic carbocycles. The Morgan fingerprint density at radius 3 is 2.40 bits per heavy atom. The van der Waals surface area contributed by atoms with Crippen LogP contribution in [0, 0.1) is 0 Å². The highest BCUT2D eigenvalue weighted by molar-refractivity contribution is 8.01. The lowest BCUT2D eigenvalue weighted by Crippen LogP contribution is -2.43. The number of para-hydroxylation sites is 1. The zero-order chi connectivity index (χ0) is 17.5. The molecule has 3 aromatic rings. The Hall–Kier alpha value is -2.10. The summed E-state index contributed by atoms with van der Waals surface area (Å²) in [6.07, 6.45) is 1.67. The second kappa shape index (κ2) is 8.84. The summed E-state index contributed by atoms with van der Waals surface area (Å²) in [5.41, 5.74) is 5.73. The molecule has 0 aliphatic rings. The third kappa shape index (κ3) is 5.45. The van der Waals surface area contributed by atoms with Crippen LogP contribution in [0.25, 0.3) is 10.2 Å². The van der Waals surface area contributed by atoms with Gasteiger partial charge in [0.05, 0.1) is 26.7 Å². The van der Waals surface area contributed by atoms with E-state index in [2.05, 4.69) is 20.8 Å². The number of aromatic nitrogens is 2. The number of thioether (sulfide) groups is 2. The molecule has 2 heterocycles. The standard InChI is InChI=1S/C16H14N4O2S3/c21-13(9-23-15-7-3-4-8-17-15)19-20-14(22)10-24-16-18-11-5-1-2-6-12(11)25-16/h1-8H,9-10H2,(H,19,21)(H,20,22). The highest BCUT2D eigenvalue weighted by Gasteiger charge is 2.09. The van der Waals surface area contributed by atoms with E-state index in [1.54, 1.807) is 17.5 Å². The van der Waals surface area contributed by atoms with Crippen LogP contribution in [0.5, 0.6) is 0 Å². The molecule has 0 saturated carbocycles. The molecule has 0 spiro atoms. The Morgan fingerprint density at radius 2 is 1.68 bits per heavy atom. The van der Waals surface area contributed by atoms with Gasteiger partial charge in [0, 0.05) is 6.20 Å². The highest BCUT2D eigenvalue weighted by Crippen LogP contribution is 2.28. The molecule has 9 heteroatoms. The normalized spacial score (nSPS) is 10.6. The van der Waals surface area contributed by atoms with E-state index in [-0.39, 0.29) is 23.3 Å². The number of pyridine rings is 1. The topological polar surface area (TPSA) is 84.0 Å². The van der Waals surface area contributed by atoms with E-state index in [1.165, 1.54) is 23.5 Å². The van der Waals surface area contributed by atoms with Crippen molar-refractivity contribution in [1.29, 1.82) is 0 Å². The number of hydrogen-bond donors (Lipinski definition) is 2. The van der Waals surface area contributed by atoms with Crippen molar-refractivity contribution >= 4 is 56.9 Å². The Bertz CT molecular complexity index is 837. The van der Waals surface area contributed by atoms with Gasteiger partial charge < -0.3 is 0 Å². The summed E-state index contributed by atoms with van der Waals surface area (Å²) in [4.78, 5) is 32.1. The van der Waals surface area contributed by atoms with Gasteiger partial charge in [-0.25, -0.2) is 9.97 Å². The summed E-state index contributed by atoms with van der Waals surface area (Å²) in [6.45, 7) is 0. The molecule has 25 heavy (non-hydrogen) atoms. The first-order valence-electron chi connectivity index (χ1n) is 7.30. The van der Waals surface area contributed by atoms with Crippen molar-refractivity contribution < 1.29 is 9.59 Å². The number of fused-ring (bicyclic) bond motifs is 1. The fourth-order valence-corrected chi connectivity index (χ4v) is 4.35. The monoisotopic (exact) mass is 390 g/mol. The van der Waals surface area contributed by atoms with Gasteiger partial charge in [0.1, 0.15) is 0 Å². The summed E-state index contributed by atoms with van der Waals surface area (Å²) in [7, 11) is 0. The fraction of sp³-hybridized carbons (Fsp3) is 0.125. The molecule has 0 fully saturated rings. The van der Waals surface area contributed by atoms with E-state index in [1.807, 2.05) is 42.5 Å². The van der Waals surface area contributed by atoms with Crippen LogP contribution in [0.3, 0.4) is 0 Å². The van der Waals surface area contributed by atoms with Gasteiger partial charge in [-0.3, -0.25) is 20.4 Å². The van der Waals surface area contributed by atoms with Gasteiger partial charge in [-0.2, -0.15) is 0 Å². The Balaban J connectivity index is 1.38. The van der Waals surface area contributed by atoms with Gasteiger partial charge in [0.15, 0.2) is 4.34 Å². The Morgan fingerprint density at radius 1 is 0.960 bits per heavy atom. The minimum atomic E-state index is -0.283. The van der Waals surface area contributed by atoms with Crippen molar-refractivity contribution in [2.24, 2.45) is 0 Å². The first kappa shape index (κ1) is 17.7. The highest BCUT2D eigenvalue weighted by atomic mass is 32.2. The van der Waals surface area contributed by atoms with Gasteiger partial charge >= 0.3 is 0 Å². The molecule has 0 aliphatic heterocycles. The first-order chi connectivity index (χ1) is 12.2. The van der Waals surface area contributed by atoms with Crippen molar-refractivity contribution in [3.63, 3.8) is 0 Å². The average molecular weight is 391 g/mol. The van der Waals surface area contributed by atoms with Crippen LogP contribution in [-0.2, 0) is 9.59 Å². The molecule has 0 unspecified atom stereocenters. The second-order valence-electron chi connectivity index (χ2n) is 4.79. The number of nitrogens with zero attached hydrogens (tertiary/aromatic N) is 2. The number of amides is 2. The number of benzene rings is 1. The molecule has 6 nitrogen and oxygen atoms in total. The van der Waals surface area contributed by atoms with Crippen LogP contribution in [0.2, 0.25) is 0 Å². The van der Waals surface area contributed by atoms with E-state index >= 15 is 0 Å². The maximum Gasteiger partial charge on any atom is 0.248 e. The third-order valence-corrected chi connectivity index (χ3v) is 6.05. The van der Waals surface area contributed by atoms with Gasteiger partial charge in [-0.1, -0.05) is 41.7 Å². The lowest BCUT2D eigenvalue weighted by Gasteiger charge is -2.06. The largest absolute Gasteiger partial charge is 0.272 e. The van der Waals surface area contributed by atoms with E-state index in [0.29, 0.717) is 0 Å². The van der Waals surface area contributed by atoms with Gasteiger partial charge in [-0.15, -0.1) is 11.3 Å². The number of carbonyl (C=O) groups excluding carboxylic acids is 2. The fourth-order valence-electron chi connectivity index (χ4n) is 1.82. The van der Waals surface area contributed by atoms with Gasteiger partial charge in [0.2, 0.25) is 11.8 Å². The Kier molecular flexibility index (Phi) is 6.26. The maximum absolute atomic E-state index is 11.8. The number of thiazole rings is 1. The molecule has 2 aromatic heterocycles. The zero-order valence-electron chi connectivity index (χ0n) is 13.0. The molecule has 2 N–H and O–H groups in total. The first-order valence-corrected chi connectivity index (χ1v) is 10.1. The van der Waals surface area contributed by atoms with Crippen LogP contribution < -0.4 is 10.9 Å². The maximum atomic E-state index is 11.8. The van der Waals surface area contributed by atoms with Crippen molar-refractivity contribution in [3.8, 4) is 0 Å². The van der Waals surface area contributed by atoms with Crippen molar-refractivity contribution in [3.05, 3.63) is 48.7 Å². The van der Waals surface area contributed by atoms with E-state index in [4.69, 9.17) is 0 Å². The summed E-state index contributed by atoms with van der Waals surface area (Å²) < 4.78 is 1.92. The molecule has 0 bridgehead atoms. The summed E-state index contributed by atoms with van der Waals surface area (Å²) >= 11 is 4.19. The smallest absolute Gasteiger partial charge is 0.248 e. The summed E-state index contributed by atoms with van der Waals surface area (Å²) in [5.74, 6) is -0.190. The van der Waals surface area contributed by atoms with Crippen LogP contribution in [0.1, 0.15) is 0 Å². The predicted octanol–water partition coefficient (Wildman–Crippen LogP) is 2.72. The third-order valence-electron chi connectivity index (χ3n) is 2.93. The number of carbonyl (C=O) groups is 2. The molecule has 3 rings (SSSR count). The molecule has 0 atom stereocenters. The van der Waals surface area contributed by atoms with E-state index < -0.39 is 0 Å². The SMILES string of the molecule is O=C(CSc1ccccn1)NNC(=O)CSc1nc2ccccc2s1. The van der Waals surface area contributed by atoms with Crippen molar-refractivity contribution in [2.45, 2.75) is 9.37 Å². The van der Waals surface area contributed by atoms with Crippen molar-refractivity contribution in [2.75, 3.05) is 11.5 Å². The number of nitrogens with one attached hydrogen (secondary N) is 2. The second-order valence-corrected chi connectivity index (χ2v) is 8.04. The lowest BCUT2D eigenvalue weighted by atomic mass is 10.3. The van der Waals surface area contributed by atoms with Crippen LogP contribution in [-0.4, -0.2) is 33.3 Å². The minimum Gasteiger partial charge on any atom is -0.272 e. The van der Waals surface area contributed by atoms with Crippen LogP contribution in [0.15, 0.2) is 58.0 Å². The summed E-state index contributed by atoms with van der Waals surface area (Å²) in [5, 5.41) is 0.760.